The largest absolute Gasteiger partial charge is 0.393 e. The fraction of sp³-hybridized carbons (Fsp3) is 0.700. The number of rotatable bonds is 3. The number of aliphatic hydroxyl groups excluding tert-OH is 1. The number of nitrogens with zero attached hydrogens (tertiary/aromatic N) is 2. The van der Waals surface area contributed by atoms with Crippen LogP contribution in [0.5, 0.6) is 0 Å². The third kappa shape index (κ3) is 3.67. The molecule has 0 spiro atoms. The summed E-state index contributed by atoms with van der Waals surface area (Å²) in [5.41, 5.74) is 0.277. The Hall–Kier alpha value is -0.940. The zero-order chi connectivity index (χ0) is 17.4. The van der Waals surface area contributed by atoms with E-state index in [0.29, 0.717) is 6.54 Å². The van der Waals surface area contributed by atoms with Gasteiger partial charge in [-0.2, -0.15) is 0 Å². The lowest BCUT2D eigenvalue weighted by Crippen LogP contribution is -2.45. The van der Waals surface area contributed by atoms with Crippen molar-refractivity contribution < 1.29 is 10.2 Å². The third-order valence-corrected chi connectivity index (χ3v) is 5.81. The van der Waals surface area contributed by atoms with Crippen LogP contribution in [0, 0.1) is 5.92 Å². The fourth-order valence-electron chi connectivity index (χ4n) is 4.09. The molecule has 1 aromatic carbocycles. The van der Waals surface area contributed by atoms with Crippen molar-refractivity contribution in [2.24, 2.45) is 5.92 Å². The Balaban J connectivity index is 1.80. The summed E-state index contributed by atoms with van der Waals surface area (Å²) in [5, 5.41) is 21.4. The summed E-state index contributed by atoms with van der Waals surface area (Å²) in [6.45, 7) is 11.0. The molecule has 2 heterocycles. The van der Waals surface area contributed by atoms with E-state index in [1.54, 1.807) is 0 Å². The van der Waals surface area contributed by atoms with Gasteiger partial charge in [-0.15, -0.1) is 0 Å². The van der Waals surface area contributed by atoms with Gasteiger partial charge >= 0.3 is 0 Å². The number of aliphatic hydroxyl groups is 2. The molecule has 24 heavy (non-hydrogen) atoms. The number of piperidine rings is 1. The van der Waals surface area contributed by atoms with E-state index in [4.69, 9.17) is 0 Å². The molecule has 2 unspecified atom stereocenters. The molecule has 0 aliphatic carbocycles. The first-order valence-electron chi connectivity index (χ1n) is 9.22. The van der Waals surface area contributed by atoms with E-state index < -0.39 is 5.60 Å². The van der Waals surface area contributed by atoms with Gasteiger partial charge in [0, 0.05) is 44.2 Å². The zero-order valence-corrected chi connectivity index (χ0v) is 15.3. The second kappa shape index (κ2) is 6.75. The molecule has 0 amide bonds. The van der Waals surface area contributed by atoms with Crippen molar-refractivity contribution in [2.45, 2.75) is 50.9 Å². The standard InChI is InChI=1S/C20H32N2O2/c1-19(2,3)22-14-17(13-21-11-9-18(23)10-12-21)20(24,15-22)16-7-5-4-6-8-16/h4-8,17-18,23-24H,9-15H2,1-3H3. The van der Waals surface area contributed by atoms with E-state index in [1.807, 2.05) is 18.2 Å². The quantitative estimate of drug-likeness (QED) is 0.889. The summed E-state index contributed by atoms with van der Waals surface area (Å²) in [6, 6.07) is 10.1. The van der Waals surface area contributed by atoms with Gasteiger partial charge in [-0.25, -0.2) is 0 Å². The molecule has 2 fully saturated rings. The SMILES string of the molecule is CC(C)(C)N1CC(CN2CCC(O)CC2)C(O)(c2ccccc2)C1. The smallest absolute Gasteiger partial charge is 0.107 e. The molecule has 0 aromatic heterocycles. The summed E-state index contributed by atoms with van der Waals surface area (Å²) in [7, 11) is 0. The van der Waals surface area contributed by atoms with Crippen molar-refractivity contribution >= 4 is 0 Å². The van der Waals surface area contributed by atoms with Gasteiger partial charge < -0.3 is 15.1 Å². The second-order valence-electron chi connectivity index (χ2n) is 8.57. The Bertz CT molecular complexity index is 534. The first-order valence-corrected chi connectivity index (χ1v) is 9.22. The average molecular weight is 332 g/mol. The normalized spacial score (nSPS) is 30.8. The number of likely N-dealkylation sites (tertiary alicyclic amines) is 2. The molecule has 2 N–H and O–H groups in total. The highest BCUT2D eigenvalue weighted by Gasteiger charge is 2.49. The Labute approximate surface area is 146 Å². The molecule has 0 bridgehead atoms. The first-order chi connectivity index (χ1) is 11.3. The Morgan fingerprint density at radius 2 is 1.75 bits per heavy atom. The lowest BCUT2D eigenvalue weighted by Gasteiger charge is -2.36. The van der Waals surface area contributed by atoms with E-state index in [-0.39, 0.29) is 17.6 Å². The highest BCUT2D eigenvalue weighted by molar-refractivity contribution is 5.26. The van der Waals surface area contributed by atoms with Gasteiger partial charge in [-0.1, -0.05) is 30.3 Å². The minimum atomic E-state index is -0.801. The second-order valence-corrected chi connectivity index (χ2v) is 8.57. The van der Waals surface area contributed by atoms with E-state index in [1.165, 1.54) is 0 Å². The van der Waals surface area contributed by atoms with Crippen LogP contribution in [0.15, 0.2) is 30.3 Å². The number of benzene rings is 1. The summed E-state index contributed by atoms with van der Waals surface area (Å²) >= 11 is 0. The van der Waals surface area contributed by atoms with Gasteiger partial charge in [0.05, 0.1) is 6.10 Å². The lowest BCUT2D eigenvalue weighted by atomic mass is 9.83. The van der Waals surface area contributed by atoms with Crippen LogP contribution in [-0.2, 0) is 5.60 Å². The van der Waals surface area contributed by atoms with Gasteiger partial charge in [-0.05, 0) is 39.2 Å². The molecule has 2 aliphatic rings. The van der Waals surface area contributed by atoms with Crippen LogP contribution in [0.3, 0.4) is 0 Å². The molecular weight excluding hydrogens is 300 g/mol. The van der Waals surface area contributed by atoms with Gasteiger partial charge in [0.25, 0.3) is 0 Å². The molecule has 1 aromatic rings. The lowest BCUT2D eigenvalue weighted by molar-refractivity contribution is -0.0156. The summed E-state index contributed by atoms with van der Waals surface area (Å²) < 4.78 is 0. The van der Waals surface area contributed by atoms with Crippen LogP contribution in [0.25, 0.3) is 0 Å². The van der Waals surface area contributed by atoms with E-state index in [0.717, 1.165) is 44.6 Å². The van der Waals surface area contributed by atoms with Crippen molar-refractivity contribution in [1.82, 2.24) is 9.80 Å². The van der Waals surface area contributed by atoms with Crippen LogP contribution in [-0.4, -0.2) is 64.4 Å². The predicted octanol–water partition coefficient (Wildman–Crippen LogP) is 2.06. The monoisotopic (exact) mass is 332 g/mol. The van der Waals surface area contributed by atoms with Crippen molar-refractivity contribution in [2.75, 3.05) is 32.7 Å². The maximum absolute atomic E-state index is 11.6. The number of hydrogen-bond acceptors (Lipinski definition) is 4. The molecule has 0 saturated carbocycles. The van der Waals surface area contributed by atoms with Gasteiger partial charge in [0.1, 0.15) is 5.60 Å². The minimum absolute atomic E-state index is 0.0512. The number of hydrogen-bond donors (Lipinski definition) is 2. The van der Waals surface area contributed by atoms with Crippen LogP contribution < -0.4 is 0 Å². The van der Waals surface area contributed by atoms with E-state index in [9.17, 15) is 10.2 Å². The molecule has 4 nitrogen and oxygen atoms in total. The van der Waals surface area contributed by atoms with Crippen LogP contribution in [0.2, 0.25) is 0 Å². The zero-order valence-electron chi connectivity index (χ0n) is 15.3. The molecule has 0 radical (unpaired) electrons. The molecule has 2 saturated heterocycles. The van der Waals surface area contributed by atoms with Gasteiger partial charge in [0.2, 0.25) is 0 Å². The van der Waals surface area contributed by atoms with Crippen LogP contribution >= 0.6 is 0 Å². The molecular formula is C20H32N2O2. The van der Waals surface area contributed by atoms with Crippen molar-refractivity contribution in [3.63, 3.8) is 0 Å². The predicted molar refractivity (Wildman–Crippen MR) is 96.8 cm³/mol. The maximum Gasteiger partial charge on any atom is 0.107 e. The summed E-state index contributed by atoms with van der Waals surface area (Å²) in [4.78, 5) is 4.82. The Morgan fingerprint density at radius 3 is 2.33 bits per heavy atom. The average Bonchev–Trinajstić information content (AvgIpc) is 2.89. The number of β-amino-alcohol motifs (C(OH)–C–C–N with tert-alkyl or cyclic N) is 1. The van der Waals surface area contributed by atoms with E-state index >= 15 is 0 Å². The molecule has 134 valence electrons. The summed E-state index contributed by atoms with van der Waals surface area (Å²) in [5.74, 6) is 0.189. The molecule has 4 heteroatoms. The van der Waals surface area contributed by atoms with Crippen LogP contribution in [0.1, 0.15) is 39.2 Å². The van der Waals surface area contributed by atoms with Gasteiger partial charge in [-0.3, -0.25) is 4.90 Å². The first kappa shape index (κ1) is 17.9. The van der Waals surface area contributed by atoms with E-state index in [2.05, 4.69) is 42.7 Å². The van der Waals surface area contributed by atoms with Crippen molar-refractivity contribution in [3.8, 4) is 0 Å². The Morgan fingerprint density at radius 1 is 1.12 bits per heavy atom. The highest BCUT2D eigenvalue weighted by Crippen LogP contribution is 2.40. The van der Waals surface area contributed by atoms with Crippen LogP contribution in [0.4, 0.5) is 0 Å². The summed E-state index contributed by atoms with van der Waals surface area (Å²) in [6.07, 6.45) is 1.54. The molecule has 2 atom stereocenters. The van der Waals surface area contributed by atoms with Gasteiger partial charge in [0.15, 0.2) is 0 Å². The highest BCUT2D eigenvalue weighted by atomic mass is 16.3. The fourth-order valence-corrected chi connectivity index (χ4v) is 4.09. The van der Waals surface area contributed by atoms with Crippen molar-refractivity contribution in [3.05, 3.63) is 35.9 Å². The molecule has 3 rings (SSSR count). The molecule has 2 aliphatic heterocycles. The topological polar surface area (TPSA) is 46.9 Å². The maximum atomic E-state index is 11.6. The minimum Gasteiger partial charge on any atom is -0.393 e. The van der Waals surface area contributed by atoms with Crippen molar-refractivity contribution in [1.29, 1.82) is 0 Å². The third-order valence-electron chi connectivity index (χ3n) is 5.81. The Kier molecular flexibility index (Phi) is 5.03.